The van der Waals surface area contributed by atoms with E-state index in [1.165, 1.54) is 0 Å². The summed E-state index contributed by atoms with van der Waals surface area (Å²) in [6.07, 6.45) is 0.333. The first-order valence-corrected chi connectivity index (χ1v) is 5.27. The van der Waals surface area contributed by atoms with Gasteiger partial charge in [0.05, 0.1) is 26.2 Å². The molecule has 0 amide bonds. The van der Waals surface area contributed by atoms with Gasteiger partial charge in [0, 0.05) is 26.7 Å². The molecule has 1 aliphatic rings. The van der Waals surface area contributed by atoms with Crippen LogP contribution in [0.2, 0.25) is 0 Å². The molecule has 0 aromatic heterocycles. The van der Waals surface area contributed by atoms with Crippen LogP contribution in [0.3, 0.4) is 0 Å². The largest absolute Gasteiger partial charge is 0.464 e. The van der Waals surface area contributed by atoms with E-state index < -0.39 is 0 Å². The number of hydrogen-bond acceptors (Lipinski definition) is 5. The molecule has 0 N–H and O–H groups in total. The van der Waals surface area contributed by atoms with E-state index in [-0.39, 0.29) is 5.97 Å². The Morgan fingerprint density at radius 2 is 2.07 bits per heavy atom. The first kappa shape index (κ1) is 12.4. The van der Waals surface area contributed by atoms with E-state index in [1.54, 1.807) is 7.11 Å². The normalized spacial score (nSPS) is 17.7. The van der Waals surface area contributed by atoms with Crippen LogP contribution in [0, 0.1) is 0 Å². The third kappa shape index (κ3) is 5.71. The van der Waals surface area contributed by atoms with Crippen LogP contribution in [-0.2, 0) is 19.0 Å². The van der Waals surface area contributed by atoms with Crippen molar-refractivity contribution in [3.05, 3.63) is 0 Å². The third-order valence-corrected chi connectivity index (χ3v) is 2.28. The molecule has 0 atom stereocenters. The van der Waals surface area contributed by atoms with Gasteiger partial charge in [-0.25, -0.2) is 0 Å². The van der Waals surface area contributed by atoms with Crippen molar-refractivity contribution in [3.63, 3.8) is 0 Å². The predicted molar refractivity (Wildman–Crippen MR) is 54.7 cm³/mol. The maximum Gasteiger partial charge on any atom is 0.308 e. The van der Waals surface area contributed by atoms with Gasteiger partial charge in [-0.2, -0.15) is 0 Å². The number of carbonyl (C=O) groups is 1. The first-order valence-electron chi connectivity index (χ1n) is 5.27. The predicted octanol–water partition coefficient (Wildman–Crippen LogP) is -0.102. The summed E-state index contributed by atoms with van der Waals surface area (Å²) in [4.78, 5) is 13.3. The highest BCUT2D eigenvalue weighted by Gasteiger charge is 2.10. The maximum absolute atomic E-state index is 11.1. The molecule has 0 aromatic carbocycles. The van der Waals surface area contributed by atoms with Gasteiger partial charge in [0.15, 0.2) is 0 Å². The lowest BCUT2D eigenvalue weighted by molar-refractivity contribution is -0.145. The molecule has 15 heavy (non-hydrogen) atoms. The molecular weight excluding hydrogens is 198 g/mol. The van der Waals surface area contributed by atoms with Crippen molar-refractivity contribution in [2.24, 2.45) is 0 Å². The molecule has 0 unspecified atom stereocenters. The van der Waals surface area contributed by atoms with Crippen molar-refractivity contribution in [1.29, 1.82) is 0 Å². The van der Waals surface area contributed by atoms with E-state index in [0.717, 1.165) is 32.8 Å². The second-order valence-electron chi connectivity index (χ2n) is 3.42. The zero-order valence-electron chi connectivity index (χ0n) is 9.24. The summed E-state index contributed by atoms with van der Waals surface area (Å²) < 4.78 is 15.0. The van der Waals surface area contributed by atoms with Gasteiger partial charge < -0.3 is 14.2 Å². The molecule has 1 fully saturated rings. The second kappa shape index (κ2) is 7.62. The molecule has 1 rings (SSSR count). The van der Waals surface area contributed by atoms with E-state index >= 15 is 0 Å². The number of methoxy groups -OCH3 is 1. The number of ether oxygens (including phenoxy) is 3. The fraction of sp³-hybridized carbons (Fsp3) is 0.900. The standard InChI is InChI=1S/C10H19NO4/c1-13-6-2-10(12)15-9-5-11-3-7-14-8-4-11/h2-9H2,1H3. The molecule has 1 heterocycles. The highest BCUT2D eigenvalue weighted by Crippen LogP contribution is 1.96. The Morgan fingerprint density at radius 1 is 1.33 bits per heavy atom. The highest BCUT2D eigenvalue weighted by atomic mass is 16.5. The fourth-order valence-electron chi connectivity index (χ4n) is 1.37. The second-order valence-corrected chi connectivity index (χ2v) is 3.42. The highest BCUT2D eigenvalue weighted by molar-refractivity contribution is 5.69. The van der Waals surface area contributed by atoms with E-state index in [9.17, 15) is 4.79 Å². The first-order chi connectivity index (χ1) is 7.33. The van der Waals surface area contributed by atoms with Crippen LogP contribution in [0.5, 0.6) is 0 Å². The van der Waals surface area contributed by atoms with Crippen LogP contribution >= 0.6 is 0 Å². The SMILES string of the molecule is COCCC(=O)OCCN1CCOCC1. The molecule has 0 bridgehead atoms. The molecule has 0 aromatic rings. The van der Waals surface area contributed by atoms with Crippen molar-refractivity contribution in [2.75, 3.05) is 53.2 Å². The van der Waals surface area contributed by atoms with Gasteiger partial charge in [0.1, 0.15) is 6.61 Å². The molecule has 88 valence electrons. The van der Waals surface area contributed by atoms with Crippen molar-refractivity contribution in [3.8, 4) is 0 Å². The Morgan fingerprint density at radius 3 is 2.73 bits per heavy atom. The van der Waals surface area contributed by atoms with Crippen LogP contribution < -0.4 is 0 Å². The summed E-state index contributed by atoms with van der Waals surface area (Å²) >= 11 is 0. The van der Waals surface area contributed by atoms with Gasteiger partial charge in [-0.05, 0) is 0 Å². The lowest BCUT2D eigenvalue weighted by Crippen LogP contribution is -2.38. The van der Waals surface area contributed by atoms with E-state index in [2.05, 4.69) is 4.90 Å². The topological polar surface area (TPSA) is 48.0 Å². The van der Waals surface area contributed by atoms with E-state index in [4.69, 9.17) is 14.2 Å². The van der Waals surface area contributed by atoms with Gasteiger partial charge in [-0.1, -0.05) is 0 Å². The molecule has 5 heteroatoms. The van der Waals surface area contributed by atoms with Gasteiger partial charge in [0.2, 0.25) is 0 Å². The Labute approximate surface area is 90.3 Å². The van der Waals surface area contributed by atoms with Crippen LogP contribution in [0.15, 0.2) is 0 Å². The van der Waals surface area contributed by atoms with Crippen LogP contribution in [0.25, 0.3) is 0 Å². The molecule has 5 nitrogen and oxygen atoms in total. The minimum absolute atomic E-state index is 0.190. The lowest BCUT2D eigenvalue weighted by atomic mass is 10.4. The third-order valence-electron chi connectivity index (χ3n) is 2.28. The Hall–Kier alpha value is -0.650. The number of carbonyl (C=O) groups excluding carboxylic acids is 1. The molecule has 0 aliphatic carbocycles. The summed E-state index contributed by atoms with van der Waals surface area (Å²) in [6.45, 7) is 5.08. The van der Waals surface area contributed by atoms with E-state index in [0.29, 0.717) is 19.6 Å². The Bertz CT molecular complexity index is 180. The summed E-state index contributed by atoms with van der Waals surface area (Å²) in [7, 11) is 1.57. The average Bonchev–Trinajstić information content (AvgIpc) is 2.28. The molecule has 0 spiro atoms. The monoisotopic (exact) mass is 217 g/mol. The number of morpholine rings is 1. The molecule has 0 radical (unpaired) electrons. The zero-order chi connectivity index (χ0) is 10.9. The van der Waals surface area contributed by atoms with Crippen LogP contribution in [0.1, 0.15) is 6.42 Å². The maximum atomic E-state index is 11.1. The van der Waals surface area contributed by atoms with Crippen molar-refractivity contribution < 1.29 is 19.0 Å². The minimum atomic E-state index is -0.190. The Kier molecular flexibility index (Phi) is 6.31. The smallest absolute Gasteiger partial charge is 0.308 e. The van der Waals surface area contributed by atoms with Crippen LogP contribution in [0.4, 0.5) is 0 Å². The number of esters is 1. The van der Waals surface area contributed by atoms with Gasteiger partial charge in [-0.3, -0.25) is 9.69 Å². The van der Waals surface area contributed by atoms with Crippen LogP contribution in [-0.4, -0.2) is 64.0 Å². The average molecular weight is 217 g/mol. The van der Waals surface area contributed by atoms with Gasteiger partial charge >= 0.3 is 5.97 Å². The summed E-state index contributed by atoms with van der Waals surface area (Å²) in [5.41, 5.74) is 0. The summed E-state index contributed by atoms with van der Waals surface area (Å²) in [5, 5.41) is 0. The summed E-state index contributed by atoms with van der Waals surface area (Å²) in [5.74, 6) is -0.190. The molecule has 0 saturated carbocycles. The fourth-order valence-corrected chi connectivity index (χ4v) is 1.37. The lowest BCUT2D eigenvalue weighted by Gasteiger charge is -2.26. The minimum Gasteiger partial charge on any atom is -0.464 e. The van der Waals surface area contributed by atoms with Crippen molar-refractivity contribution >= 4 is 5.97 Å². The molecular formula is C10H19NO4. The van der Waals surface area contributed by atoms with Gasteiger partial charge in [0.25, 0.3) is 0 Å². The zero-order valence-corrected chi connectivity index (χ0v) is 9.24. The van der Waals surface area contributed by atoms with E-state index in [1.807, 2.05) is 0 Å². The van der Waals surface area contributed by atoms with Gasteiger partial charge in [-0.15, -0.1) is 0 Å². The number of nitrogens with zero attached hydrogens (tertiary/aromatic N) is 1. The van der Waals surface area contributed by atoms with Crippen molar-refractivity contribution in [2.45, 2.75) is 6.42 Å². The Balaban J connectivity index is 1.97. The summed E-state index contributed by atoms with van der Waals surface area (Å²) in [6, 6.07) is 0. The number of hydrogen-bond donors (Lipinski definition) is 0. The molecule has 1 saturated heterocycles. The quantitative estimate of drug-likeness (QED) is 0.581. The molecule has 1 aliphatic heterocycles. The number of rotatable bonds is 6. The van der Waals surface area contributed by atoms with Crippen molar-refractivity contribution in [1.82, 2.24) is 4.90 Å².